The molecule has 0 radical (unpaired) electrons. The van der Waals surface area contributed by atoms with Crippen LogP contribution in [0.5, 0.6) is 0 Å². The fraction of sp³-hybridized carbons (Fsp3) is 0.183. The third kappa shape index (κ3) is 19.3. The van der Waals surface area contributed by atoms with Crippen molar-refractivity contribution in [2.75, 3.05) is 11.9 Å². The van der Waals surface area contributed by atoms with Gasteiger partial charge in [-0.1, -0.05) is 163 Å². The number of anilines is 1. The second-order valence-electron chi connectivity index (χ2n) is 26.9. The van der Waals surface area contributed by atoms with Crippen LogP contribution in [0.2, 0.25) is 0 Å². The van der Waals surface area contributed by atoms with Gasteiger partial charge in [0, 0.05) is 133 Å². The molecule has 0 aliphatic carbocycles. The molecule has 6 aromatic carbocycles. The molecule has 5 heterocycles. The van der Waals surface area contributed by atoms with E-state index < -0.39 is 0 Å². The number of aryl methyl sites for hydroxylation is 1. The molecular formula is C93H95N8O3+5. The van der Waals surface area contributed by atoms with Crippen molar-refractivity contribution >= 4 is 30.1 Å². The average molecular weight is 1370 g/mol. The molecule has 520 valence electrons. The number of aldehydes is 3. The summed E-state index contributed by atoms with van der Waals surface area (Å²) in [5.41, 5.74) is 21.9. The van der Waals surface area contributed by atoms with E-state index in [0.717, 1.165) is 97.0 Å². The molecule has 2 unspecified atom stereocenters. The summed E-state index contributed by atoms with van der Waals surface area (Å²) in [7, 11) is 0. The van der Waals surface area contributed by atoms with E-state index in [2.05, 4.69) is 342 Å². The lowest BCUT2D eigenvalue weighted by atomic mass is 9.88. The number of carbonyl (C=O) groups is 3. The molecule has 0 amide bonds. The Bertz CT molecular complexity index is 4870. The van der Waals surface area contributed by atoms with E-state index in [-0.39, 0.29) is 11.8 Å². The van der Waals surface area contributed by atoms with E-state index in [9.17, 15) is 14.4 Å². The maximum Gasteiger partial charge on any atom is 0.214 e. The molecule has 0 bridgehead atoms. The van der Waals surface area contributed by atoms with Crippen LogP contribution in [0.15, 0.2) is 334 Å². The van der Waals surface area contributed by atoms with Gasteiger partial charge in [-0.2, -0.15) is 13.7 Å². The summed E-state index contributed by atoms with van der Waals surface area (Å²) in [5, 5.41) is 10.4. The Morgan fingerprint density at radius 2 is 0.798 bits per heavy atom. The number of para-hydroxylation sites is 4. The maximum absolute atomic E-state index is 12.1. The number of carbonyl (C=O) groups excluding carboxylic acids is 3. The molecular weight excluding hydrogens is 1280 g/mol. The molecule has 0 aliphatic rings. The summed E-state index contributed by atoms with van der Waals surface area (Å²) in [6.45, 7) is 16.3. The van der Waals surface area contributed by atoms with Crippen LogP contribution < -0.4 is 38.8 Å². The van der Waals surface area contributed by atoms with Gasteiger partial charge < -0.3 is 16.0 Å². The average Bonchev–Trinajstić information content (AvgIpc) is 0.827. The second kappa shape index (κ2) is 37.0. The lowest BCUT2D eigenvalue weighted by molar-refractivity contribution is -0.697. The van der Waals surface area contributed by atoms with Gasteiger partial charge in [0.25, 0.3) is 0 Å². The van der Waals surface area contributed by atoms with E-state index in [4.69, 9.17) is 0 Å². The first-order valence-corrected chi connectivity index (χ1v) is 36.2. The lowest BCUT2D eigenvalue weighted by Crippen LogP contribution is -2.33. The van der Waals surface area contributed by atoms with E-state index in [1.807, 2.05) is 42.9 Å². The van der Waals surface area contributed by atoms with Crippen LogP contribution in [-0.2, 0) is 34.0 Å². The topological polar surface area (TPSA) is 107 Å². The quantitative estimate of drug-likeness (QED) is 0.0124. The lowest BCUT2D eigenvalue weighted by Gasteiger charge is -2.19. The van der Waals surface area contributed by atoms with E-state index >= 15 is 0 Å². The van der Waals surface area contributed by atoms with Gasteiger partial charge in [-0.25, -0.2) is 9.13 Å². The van der Waals surface area contributed by atoms with Gasteiger partial charge in [0.1, 0.15) is 25.4 Å². The van der Waals surface area contributed by atoms with Crippen molar-refractivity contribution in [1.29, 1.82) is 0 Å². The van der Waals surface area contributed by atoms with Crippen molar-refractivity contribution in [2.45, 2.75) is 104 Å². The smallest absolute Gasteiger partial charge is 0.214 e. The summed E-state index contributed by atoms with van der Waals surface area (Å²) in [6, 6.07) is 72.7. The molecule has 11 nitrogen and oxygen atoms in total. The standard InChI is InChI=1S/C93H92N8O3/c1-70(2)84-22-12-16-29-91(84)99-59-43-80(44-60-99)77-37-55-97(56-38-77)54-19-50-94-51-34-74(47-65-102)76(49-67-104)36-53-96-90-28-15-11-24-86(90)72(5)32-33-73(6)87-25-14-18-31-93(87)101-63-41-79(42-64-101)75(48-66-103)35-52-95-68-82-20-7-9-26-88(82)89-27-10-8-21-83(89)69-98-57-39-78(40-58-98)81-45-61-100(62-46-81)92-30-17-13-23-85(92)71(3)4/h7-18,20-31,34-49,51-53,55-67,70-73H,19,32-33,50,54,68-69H2,1-6H3/q+2/p+3. The highest BCUT2D eigenvalue weighted by Crippen LogP contribution is 2.34. The Morgan fingerprint density at radius 1 is 0.385 bits per heavy atom. The number of rotatable bonds is 33. The van der Waals surface area contributed by atoms with Crippen LogP contribution in [0, 0.1) is 0 Å². The molecule has 0 saturated heterocycles. The molecule has 0 saturated carbocycles. The number of aromatic nitrogens is 5. The highest BCUT2D eigenvalue weighted by molar-refractivity contribution is 5.86. The molecule has 3 N–H and O–H groups in total. The molecule has 11 rings (SSSR count). The first-order valence-electron chi connectivity index (χ1n) is 36.2. The van der Waals surface area contributed by atoms with Crippen LogP contribution in [0.1, 0.15) is 123 Å². The van der Waals surface area contributed by atoms with Gasteiger partial charge in [0.15, 0.2) is 68.5 Å². The Morgan fingerprint density at radius 3 is 1.34 bits per heavy atom. The minimum atomic E-state index is 0.225. The summed E-state index contributed by atoms with van der Waals surface area (Å²) in [6.07, 6.45) is 42.1. The molecule has 104 heavy (non-hydrogen) atoms. The summed E-state index contributed by atoms with van der Waals surface area (Å²) < 4.78 is 11.0. The Hall–Kier alpha value is -12.1. The maximum atomic E-state index is 12.1. The fourth-order valence-electron chi connectivity index (χ4n) is 13.5. The number of allylic oxidation sites excluding steroid dienone is 9. The zero-order valence-corrected chi connectivity index (χ0v) is 60.6. The zero-order valence-electron chi connectivity index (χ0n) is 60.6. The number of nitrogens with zero attached hydrogens (tertiary/aromatic N) is 5. The van der Waals surface area contributed by atoms with E-state index in [1.54, 1.807) is 6.08 Å². The monoisotopic (exact) mass is 1370 g/mol. The van der Waals surface area contributed by atoms with Gasteiger partial charge in [-0.15, -0.1) is 0 Å². The summed E-state index contributed by atoms with van der Waals surface area (Å²) >= 11 is 0. The molecule has 11 aromatic rings. The van der Waals surface area contributed by atoms with E-state index in [1.165, 1.54) is 73.6 Å². The molecule has 0 aliphatic heterocycles. The van der Waals surface area contributed by atoms with Crippen LogP contribution >= 0.6 is 0 Å². The van der Waals surface area contributed by atoms with Crippen molar-refractivity contribution in [1.82, 2.24) is 10.6 Å². The first kappa shape index (κ1) is 73.1. The SMILES string of the molecule is CC(C)c1ccccc1-[n+]1ccc(-c2cc[n+](CCCNC=CC(=CC=O)C(C=CNc3ccccc3C(C)CCC(C)c3ccccc3-[n+]3ccc(C(C=CNCc4ccccc4-c4ccccc4C[n+]4ccc(-c5cc[n+](-c6ccccc6C(C)C)cc5)cc4)=CC=O)cc3)=CC=O)cc2)cc1. The van der Waals surface area contributed by atoms with Crippen molar-refractivity contribution in [3.05, 3.63) is 373 Å². The number of benzene rings is 6. The number of hydrogen-bond acceptors (Lipinski definition) is 6. The number of hydrogen-bond donors (Lipinski definition) is 3. The Labute approximate surface area is 614 Å². The fourth-order valence-corrected chi connectivity index (χ4v) is 13.5. The van der Waals surface area contributed by atoms with Crippen LogP contribution in [0.4, 0.5) is 5.69 Å². The Balaban J connectivity index is 0.650. The molecule has 11 heteroatoms. The zero-order chi connectivity index (χ0) is 72.4. The second-order valence-corrected chi connectivity index (χ2v) is 26.9. The van der Waals surface area contributed by atoms with Crippen LogP contribution in [0.25, 0.3) is 56.0 Å². The highest BCUT2D eigenvalue weighted by atomic mass is 16.1. The largest absolute Gasteiger partial charge is 0.391 e. The van der Waals surface area contributed by atoms with Gasteiger partial charge >= 0.3 is 0 Å². The first-order chi connectivity index (χ1) is 51.0. The highest BCUT2D eigenvalue weighted by Gasteiger charge is 2.22. The van der Waals surface area contributed by atoms with Crippen LogP contribution in [0.3, 0.4) is 0 Å². The Kier molecular flexibility index (Phi) is 26.0. The van der Waals surface area contributed by atoms with Crippen LogP contribution in [-0.4, -0.2) is 25.4 Å². The van der Waals surface area contributed by atoms with Gasteiger partial charge in [0.2, 0.25) is 17.1 Å². The molecule has 0 spiro atoms. The number of nitrogens with one attached hydrogen (secondary N) is 3. The van der Waals surface area contributed by atoms with Crippen molar-refractivity contribution < 1.29 is 37.2 Å². The van der Waals surface area contributed by atoms with Gasteiger partial charge in [-0.3, -0.25) is 14.4 Å². The third-order valence-electron chi connectivity index (χ3n) is 19.3. The van der Waals surface area contributed by atoms with Crippen molar-refractivity contribution in [2.24, 2.45) is 0 Å². The minimum Gasteiger partial charge on any atom is -0.391 e. The van der Waals surface area contributed by atoms with Gasteiger partial charge in [0.05, 0.1) is 0 Å². The molecule has 2 atom stereocenters. The third-order valence-corrected chi connectivity index (χ3v) is 19.3. The van der Waals surface area contributed by atoms with Crippen molar-refractivity contribution in [3.8, 4) is 50.4 Å². The number of pyridine rings is 5. The molecule has 5 aromatic heterocycles. The van der Waals surface area contributed by atoms with E-state index in [0.29, 0.717) is 29.5 Å². The normalized spacial score (nSPS) is 12.7. The molecule has 0 fully saturated rings. The predicted molar refractivity (Wildman–Crippen MR) is 420 cm³/mol. The minimum absolute atomic E-state index is 0.225. The summed E-state index contributed by atoms with van der Waals surface area (Å²) in [4.78, 5) is 35.9. The van der Waals surface area contributed by atoms with Gasteiger partial charge in [-0.05, 0) is 158 Å². The predicted octanol–water partition coefficient (Wildman–Crippen LogP) is 17.3. The summed E-state index contributed by atoms with van der Waals surface area (Å²) in [5.74, 6) is 1.34. The van der Waals surface area contributed by atoms with Crippen molar-refractivity contribution in [3.63, 3.8) is 0 Å².